The van der Waals surface area contributed by atoms with Crippen LogP contribution in [-0.2, 0) is 17.6 Å². The molecule has 0 aliphatic carbocycles. The van der Waals surface area contributed by atoms with Crippen LogP contribution in [0.2, 0.25) is 10.0 Å². The Balaban J connectivity index is 1.66. The molecule has 1 heterocycles. The maximum absolute atomic E-state index is 12.6. The molecule has 0 fully saturated rings. The van der Waals surface area contributed by atoms with E-state index in [1.807, 2.05) is 38.1 Å². The number of carbonyl (C=O) groups is 1. The summed E-state index contributed by atoms with van der Waals surface area (Å²) in [6.07, 6.45) is 0.888. The molecule has 0 aliphatic rings. The van der Waals surface area contributed by atoms with E-state index in [-0.39, 0.29) is 12.3 Å². The third-order valence-corrected chi connectivity index (χ3v) is 5.67. The number of carbonyl (C=O) groups excluding carboxylic acids is 1. The lowest BCUT2D eigenvalue weighted by atomic mass is 10.1. The molecular formula is C23H25Cl2N3O3. The lowest BCUT2D eigenvalue weighted by Crippen LogP contribution is -2.27. The molecule has 3 rings (SSSR count). The second-order valence-electron chi connectivity index (χ2n) is 7.11. The Bertz CT molecular complexity index is 1100. The summed E-state index contributed by atoms with van der Waals surface area (Å²) in [5.74, 6) is 1.40. The standard InChI is InChI=1S/C23H25Cl2N3O3/c1-14-19(15(2)28(27-14)21-8-6-17(24)11-20(21)25)13-23(29)26-10-9-16-5-7-18(30-3)12-22(16)31-4/h5-8,11-12H,9-10,13H2,1-4H3,(H,26,29). The quantitative estimate of drug-likeness (QED) is 0.527. The minimum Gasteiger partial charge on any atom is -0.497 e. The van der Waals surface area contributed by atoms with Gasteiger partial charge in [-0.05, 0) is 50.1 Å². The van der Waals surface area contributed by atoms with Crippen LogP contribution in [0.5, 0.6) is 11.5 Å². The number of ether oxygens (including phenoxy) is 2. The smallest absolute Gasteiger partial charge is 0.224 e. The van der Waals surface area contributed by atoms with Crippen molar-refractivity contribution in [2.75, 3.05) is 20.8 Å². The summed E-state index contributed by atoms with van der Waals surface area (Å²) in [5, 5.41) is 8.61. The largest absolute Gasteiger partial charge is 0.497 e. The molecule has 3 aromatic rings. The highest BCUT2D eigenvalue weighted by molar-refractivity contribution is 6.35. The van der Waals surface area contributed by atoms with Crippen LogP contribution in [0, 0.1) is 13.8 Å². The fraction of sp³-hybridized carbons (Fsp3) is 0.304. The van der Waals surface area contributed by atoms with E-state index in [0.717, 1.165) is 39.7 Å². The van der Waals surface area contributed by atoms with Crippen molar-refractivity contribution in [2.24, 2.45) is 0 Å². The van der Waals surface area contributed by atoms with Crippen LogP contribution in [0.3, 0.4) is 0 Å². The second-order valence-corrected chi connectivity index (χ2v) is 7.96. The lowest BCUT2D eigenvalue weighted by molar-refractivity contribution is -0.120. The first-order chi connectivity index (χ1) is 14.8. The minimum absolute atomic E-state index is 0.0690. The molecule has 1 aromatic heterocycles. The third kappa shape index (κ3) is 5.32. The molecule has 0 aliphatic heterocycles. The Hall–Kier alpha value is -2.70. The molecule has 164 valence electrons. The maximum atomic E-state index is 12.6. The maximum Gasteiger partial charge on any atom is 0.224 e. The van der Waals surface area contributed by atoms with Crippen LogP contribution >= 0.6 is 23.2 Å². The first kappa shape index (κ1) is 23.0. The van der Waals surface area contributed by atoms with Crippen molar-refractivity contribution in [3.8, 4) is 17.2 Å². The van der Waals surface area contributed by atoms with E-state index < -0.39 is 0 Å². The van der Waals surface area contributed by atoms with E-state index in [1.54, 1.807) is 31.0 Å². The summed E-state index contributed by atoms with van der Waals surface area (Å²) in [5.41, 5.74) is 4.26. The molecule has 0 saturated carbocycles. The average Bonchev–Trinajstić information content (AvgIpc) is 3.02. The number of rotatable bonds is 8. The minimum atomic E-state index is -0.0690. The Morgan fingerprint density at radius 1 is 1.10 bits per heavy atom. The Labute approximate surface area is 192 Å². The summed E-state index contributed by atoms with van der Waals surface area (Å²) < 4.78 is 12.4. The van der Waals surface area contributed by atoms with Gasteiger partial charge >= 0.3 is 0 Å². The number of hydrogen-bond donors (Lipinski definition) is 1. The van der Waals surface area contributed by atoms with E-state index in [9.17, 15) is 4.79 Å². The fourth-order valence-corrected chi connectivity index (χ4v) is 3.92. The molecule has 0 saturated heterocycles. The zero-order chi connectivity index (χ0) is 22.5. The molecule has 0 bridgehead atoms. The van der Waals surface area contributed by atoms with E-state index in [4.69, 9.17) is 32.7 Å². The van der Waals surface area contributed by atoms with Gasteiger partial charge in [-0.25, -0.2) is 4.68 Å². The van der Waals surface area contributed by atoms with Crippen LogP contribution in [0.1, 0.15) is 22.5 Å². The number of amides is 1. The van der Waals surface area contributed by atoms with Crippen LogP contribution in [0.25, 0.3) is 5.69 Å². The SMILES string of the molecule is COc1ccc(CCNC(=O)Cc2c(C)nn(-c3ccc(Cl)cc3Cl)c2C)c(OC)c1. The van der Waals surface area contributed by atoms with Crippen LogP contribution < -0.4 is 14.8 Å². The van der Waals surface area contributed by atoms with E-state index in [2.05, 4.69) is 10.4 Å². The molecule has 6 nitrogen and oxygen atoms in total. The van der Waals surface area contributed by atoms with Gasteiger partial charge in [0, 0.05) is 28.9 Å². The Morgan fingerprint density at radius 2 is 1.87 bits per heavy atom. The number of aryl methyl sites for hydroxylation is 1. The van der Waals surface area contributed by atoms with Crippen LogP contribution in [-0.4, -0.2) is 36.5 Å². The fourth-order valence-electron chi connectivity index (χ4n) is 3.44. The monoisotopic (exact) mass is 461 g/mol. The number of aromatic nitrogens is 2. The predicted octanol–water partition coefficient (Wildman–Crippen LogP) is 4.71. The van der Waals surface area contributed by atoms with Crippen molar-refractivity contribution in [3.63, 3.8) is 0 Å². The van der Waals surface area contributed by atoms with Gasteiger partial charge in [0.2, 0.25) is 5.91 Å². The zero-order valence-corrected chi connectivity index (χ0v) is 19.5. The van der Waals surface area contributed by atoms with Gasteiger partial charge < -0.3 is 14.8 Å². The van der Waals surface area contributed by atoms with Gasteiger partial charge in [0.15, 0.2) is 0 Å². The first-order valence-corrected chi connectivity index (χ1v) is 10.6. The van der Waals surface area contributed by atoms with Gasteiger partial charge in [-0.1, -0.05) is 29.3 Å². The number of benzene rings is 2. The van der Waals surface area contributed by atoms with Crippen molar-refractivity contribution in [1.29, 1.82) is 0 Å². The van der Waals surface area contributed by atoms with Gasteiger partial charge in [0.25, 0.3) is 0 Å². The van der Waals surface area contributed by atoms with Gasteiger partial charge in [0.05, 0.1) is 37.0 Å². The number of halogens is 2. The number of nitrogens with zero attached hydrogens (tertiary/aromatic N) is 2. The zero-order valence-electron chi connectivity index (χ0n) is 18.0. The van der Waals surface area contributed by atoms with Crippen molar-refractivity contribution in [2.45, 2.75) is 26.7 Å². The molecule has 0 radical (unpaired) electrons. The Morgan fingerprint density at radius 3 is 2.55 bits per heavy atom. The number of nitrogens with one attached hydrogen (secondary N) is 1. The summed E-state index contributed by atoms with van der Waals surface area (Å²) >= 11 is 12.3. The highest BCUT2D eigenvalue weighted by Crippen LogP contribution is 2.27. The average molecular weight is 462 g/mol. The van der Waals surface area contributed by atoms with Crippen molar-refractivity contribution in [3.05, 3.63) is 69.0 Å². The molecule has 0 spiro atoms. The van der Waals surface area contributed by atoms with Crippen LogP contribution in [0.4, 0.5) is 0 Å². The summed E-state index contributed by atoms with van der Waals surface area (Å²) in [4.78, 5) is 12.6. The Kier molecular flexibility index (Phi) is 7.46. The van der Waals surface area contributed by atoms with Gasteiger partial charge in [-0.2, -0.15) is 5.10 Å². The molecular weight excluding hydrogens is 437 g/mol. The molecule has 1 N–H and O–H groups in total. The molecule has 0 atom stereocenters. The summed E-state index contributed by atoms with van der Waals surface area (Å²) in [7, 11) is 3.23. The van der Waals surface area contributed by atoms with Crippen molar-refractivity contribution < 1.29 is 14.3 Å². The van der Waals surface area contributed by atoms with Gasteiger partial charge in [-0.3, -0.25) is 4.79 Å². The number of hydrogen-bond acceptors (Lipinski definition) is 4. The first-order valence-electron chi connectivity index (χ1n) is 9.82. The summed E-state index contributed by atoms with van der Waals surface area (Å²) in [6.45, 7) is 4.31. The number of methoxy groups -OCH3 is 2. The molecule has 31 heavy (non-hydrogen) atoms. The highest BCUT2D eigenvalue weighted by atomic mass is 35.5. The molecule has 2 aromatic carbocycles. The second kappa shape index (κ2) is 10.1. The third-order valence-electron chi connectivity index (χ3n) is 5.13. The van der Waals surface area contributed by atoms with E-state index >= 15 is 0 Å². The van der Waals surface area contributed by atoms with Crippen molar-refractivity contribution >= 4 is 29.1 Å². The van der Waals surface area contributed by atoms with Gasteiger partial charge in [0.1, 0.15) is 11.5 Å². The van der Waals surface area contributed by atoms with Crippen LogP contribution in [0.15, 0.2) is 36.4 Å². The normalized spacial score (nSPS) is 10.8. The van der Waals surface area contributed by atoms with E-state index in [1.165, 1.54) is 0 Å². The molecule has 1 amide bonds. The topological polar surface area (TPSA) is 65.4 Å². The highest BCUT2D eigenvalue weighted by Gasteiger charge is 2.17. The van der Waals surface area contributed by atoms with Gasteiger partial charge in [-0.15, -0.1) is 0 Å². The predicted molar refractivity (Wildman–Crippen MR) is 123 cm³/mol. The van der Waals surface area contributed by atoms with E-state index in [0.29, 0.717) is 23.0 Å². The lowest BCUT2D eigenvalue weighted by Gasteiger charge is -2.11. The van der Waals surface area contributed by atoms with Crippen molar-refractivity contribution in [1.82, 2.24) is 15.1 Å². The molecule has 8 heteroatoms. The summed E-state index contributed by atoms with van der Waals surface area (Å²) in [6, 6.07) is 10.9. The molecule has 0 unspecified atom stereocenters.